The summed E-state index contributed by atoms with van der Waals surface area (Å²) in [6, 6.07) is 16.3. The fraction of sp³-hybridized carbons (Fsp3) is 0.200. The SMILES string of the molecule is CC(c1ccccc1)C(c1cccc(N)c1)S(N)(=O)=O. The number of anilines is 1. The highest BCUT2D eigenvalue weighted by atomic mass is 32.2. The lowest BCUT2D eigenvalue weighted by molar-refractivity contribution is 0.568. The van der Waals surface area contributed by atoms with Crippen LogP contribution in [-0.4, -0.2) is 8.42 Å². The zero-order chi connectivity index (χ0) is 14.8. The molecule has 0 radical (unpaired) electrons. The maximum absolute atomic E-state index is 12.0. The number of sulfonamides is 1. The molecule has 0 aliphatic heterocycles. The summed E-state index contributed by atoms with van der Waals surface area (Å²) in [4.78, 5) is 0. The van der Waals surface area contributed by atoms with E-state index in [4.69, 9.17) is 10.9 Å². The molecule has 0 spiro atoms. The molecule has 0 fully saturated rings. The molecule has 106 valence electrons. The Morgan fingerprint density at radius 3 is 2.10 bits per heavy atom. The van der Waals surface area contributed by atoms with E-state index in [-0.39, 0.29) is 5.92 Å². The number of nitrogens with two attached hydrogens (primary N) is 2. The summed E-state index contributed by atoms with van der Waals surface area (Å²) in [5, 5.41) is 4.62. The Kier molecular flexibility index (Phi) is 4.11. The van der Waals surface area contributed by atoms with Crippen LogP contribution in [0.25, 0.3) is 0 Å². The fourth-order valence-corrected chi connectivity index (χ4v) is 3.68. The predicted molar refractivity (Wildman–Crippen MR) is 81.6 cm³/mol. The van der Waals surface area contributed by atoms with E-state index in [2.05, 4.69) is 0 Å². The molecular weight excluding hydrogens is 272 g/mol. The van der Waals surface area contributed by atoms with Crippen LogP contribution in [0.2, 0.25) is 0 Å². The third-order valence-corrected chi connectivity index (χ3v) is 4.76. The van der Waals surface area contributed by atoms with Gasteiger partial charge in [0.2, 0.25) is 10.0 Å². The summed E-state index contributed by atoms with van der Waals surface area (Å²) in [5.74, 6) is -0.256. The van der Waals surface area contributed by atoms with Crippen LogP contribution < -0.4 is 10.9 Å². The number of benzene rings is 2. The third kappa shape index (κ3) is 3.18. The van der Waals surface area contributed by atoms with Gasteiger partial charge in [-0.1, -0.05) is 49.4 Å². The van der Waals surface area contributed by atoms with Crippen molar-refractivity contribution in [3.8, 4) is 0 Å². The van der Waals surface area contributed by atoms with Gasteiger partial charge in [-0.2, -0.15) is 0 Å². The van der Waals surface area contributed by atoms with E-state index >= 15 is 0 Å². The summed E-state index contributed by atoms with van der Waals surface area (Å²) >= 11 is 0. The molecule has 0 heterocycles. The Morgan fingerprint density at radius 1 is 0.950 bits per heavy atom. The van der Waals surface area contributed by atoms with Gasteiger partial charge >= 0.3 is 0 Å². The van der Waals surface area contributed by atoms with Gasteiger partial charge in [-0.15, -0.1) is 0 Å². The predicted octanol–water partition coefficient (Wildman–Crippen LogP) is 2.40. The van der Waals surface area contributed by atoms with Gasteiger partial charge < -0.3 is 5.73 Å². The minimum Gasteiger partial charge on any atom is -0.399 e. The highest BCUT2D eigenvalue weighted by Gasteiger charge is 2.30. The Bertz CT molecular complexity index is 684. The van der Waals surface area contributed by atoms with Crippen LogP contribution in [-0.2, 0) is 10.0 Å². The average Bonchev–Trinajstić information content (AvgIpc) is 2.38. The van der Waals surface area contributed by atoms with Crippen molar-refractivity contribution in [1.82, 2.24) is 0 Å². The van der Waals surface area contributed by atoms with Crippen LogP contribution in [0.1, 0.15) is 29.2 Å². The largest absolute Gasteiger partial charge is 0.399 e. The molecule has 0 aliphatic carbocycles. The normalized spacial score (nSPS) is 14.7. The molecule has 2 unspecified atom stereocenters. The molecule has 20 heavy (non-hydrogen) atoms. The van der Waals surface area contributed by atoms with Crippen molar-refractivity contribution in [2.75, 3.05) is 5.73 Å². The summed E-state index contributed by atoms with van der Waals surface area (Å²) in [6.45, 7) is 1.85. The van der Waals surface area contributed by atoms with E-state index in [9.17, 15) is 8.42 Å². The second-order valence-corrected chi connectivity index (χ2v) is 6.57. The van der Waals surface area contributed by atoms with E-state index in [0.29, 0.717) is 11.3 Å². The van der Waals surface area contributed by atoms with Crippen molar-refractivity contribution < 1.29 is 8.42 Å². The molecule has 5 heteroatoms. The van der Waals surface area contributed by atoms with Crippen LogP contribution in [0.3, 0.4) is 0 Å². The number of primary sulfonamides is 1. The minimum atomic E-state index is -3.74. The molecule has 2 aromatic rings. The number of hydrogen-bond donors (Lipinski definition) is 2. The molecule has 2 rings (SSSR count). The summed E-state index contributed by atoms with van der Waals surface area (Å²) < 4.78 is 24.0. The first-order valence-corrected chi connectivity index (χ1v) is 7.92. The lowest BCUT2D eigenvalue weighted by Crippen LogP contribution is -2.26. The molecule has 0 amide bonds. The first-order chi connectivity index (χ1) is 9.39. The van der Waals surface area contributed by atoms with Crippen LogP contribution in [0.15, 0.2) is 54.6 Å². The van der Waals surface area contributed by atoms with Gasteiger partial charge in [-0.3, -0.25) is 0 Å². The topological polar surface area (TPSA) is 86.2 Å². The number of nitrogen functional groups attached to an aromatic ring is 1. The smallest absolute Gasteiger partial charge is 0.216 e. The maximum Gasteiger partial charge on any atom is 0.216 e. The van der Waals surface area contributed by atoms with Crippen molar-refractivity contribution in [2.24, 2.45) is 5.14 Å². The van der Waals surface area contributed by atoms with Crippen LogP contribution in [0.5, 0.6) is 0 Å². The third-order valence-electron chi connectivity index (χ3n) is 3.37. The van der Waals surface area contributed by atoms with E-state index in [1.807, 2.05) is 37.3 Å². The van der Waals surface area contributed by atoms with Crippen molar-refractivity contribution >= 4 is 15.7 Å². The Balaban J connectivity index is 2.50. The fourth-order valence-electron chi connectivity index (χ4n) is 2.43. The summed E-state index contributed by atoms with van der Waals surface area (Å²) in [7, 11) is -3.74. The monoisotopic (exact) mass is 290 g/mol. The van der Waals surface area contributed by atoms with Gasteiger partial charge in [-0.25, -0.2) is 13.6 Å². The first kappa shape index (κ1) is 14.6. The molecule has 4 nitrogen and oxygen atoms in total. The molecular formula is C15H18N2O2S. The van der Waals surface area contributed by atoms with Crippen molar-refractivity contribution in [3.63, 3.8) is 0 Å². The zero-order valence-electron chi connectivity index (χ0n) is 11.2. The quantitative estimate of drug-likeness (QED) is 0.848. The number of hydrogen-bond acceptors (Lipinski definition) is 3. The summed E-state index contributed by atoms with van der Waals surface area (Å²) in [6.07, 6.45) is 0. The second-order valence-electron chi connectivity index (χ2n) is 4.88. The molecule has 0 aliphatic rings. The molecule has 2 aromatic carbocycles. The van der Waals surface area contributed by atoms with Crippen LogP contribution >= 0.6 is 0 Å². The molecule has 0 aromatic heterocycles. The van der Waals surface area contributed by atoms with Crippen LogP contribution in [0, 0.1) is 0 Å². The molecule has 0 saturated heterocycles. The van der Waals surface area contributed by atoms with Gasteiger partial charge in [0.25, 0.3) is 0 Å². The first-order valence-electron chi connectivity index (χ1n) is 6.31. The van der Waals surface area contributed by atoms with E-state index < -0.39 is 15.3 Å². The van der Waals surface area contributed by atoms with Gasteiger partial charge in [0.05, 0.1) is 0 Å². The van der Waals surface area contributed by atoms with Gasteiger partial charge in [0.1, 0.15) is 5.25 Å². The lowest BCUT2D eigenvalue weighted by atomic mass is 9.93. The molecule has 2 atom stereocenters. The average molecular weight is 290 g/mol. The number of rotatable bonds is 4. The van der Waals surface area contributed by atoms with Crippen molar-refractivity contribution in [3.05, 3.63) is 65.7 Å². The minimum absolute atomic E-state index is 0.256. The van der Waals surface area contributed by atoms with Gasteiger partial charge in [0, 0.05) is 11.6 Å². The Hall–Kier alpha value is -1.85. The zero-order valence-corrected chi connectivity index (χ0v) is 12.0. The lowest BCUT2D eigenvalue weighted by Gasteiger charge is -2.23. The van der Waals surface area contributed by atoms with Gasteiger partial charge in [-0.05, 0) is 23.3 Å². The highest BCUT2D eigenvalue weighted by Crippen LogP contribution is 2.36. The van der Waals surface area contributed by atoms with E-state index in [1.54, 1.807) is 24.3 Å². The summed E-state index contributed by atoms with van der Waals surface area (Å²) in [5.41, 5.74) is 7.81. The molecule has 4 N–H and O–H groups in total. The maximum atomic E-state index is 12.0. The second kappa shape index (κ2) is 5.64. The molecule has 0 saturated carbocycles. The van der Waals surface area contributed by atoms with Crippen molar-refractivity contribution in [1.29, 1.82) is 0 Å². The Morgan fingerprint density at radius 2 is 1.55 bits per heavy atom. The van der Waals surface area contributed by atoms with Crippen molar-refractivity contribution in [2.45, 2.75) is 18.1 Å². The highest BCUT2D eigenvalue weighted by molar-refractivity contribution is 7.89. The Labute approximate surface area is 119 Å². The van der Waals surface area contributed by atoms with Crippen LogP contribution in [0.4, 0.5) is 5.69 Å². The van der Waals surface area contributed by atoms with E-state index in [0.717, 1.165) is 5.56 Å². The molecule has 0 bridgehead atoms. The van der Waals surface area contributed by atoms with Gasteiger partial charge in [0.15, 0.2) is 0 Å². The van der Waals surface area contributed by atoms with E-state index in [1.165, 1.54) is 0 Å². The standard InChI is InChI=1S/C15H18N2O2S/c1-11(12-6-3-2-4-7-12)15(20(17,18)19)13-8-5-9-14(16)10-13/h2-11,15H,16H2,1H3,(H2,17,18,19).